The summed E-state index contributed by atoms with van der Waals surface area (Å²) in [6, 6.07) is 12.0. The predicted molar refractivity (Wildman–Crippen MR) is 106 cm³/mol. The zero-order valence-electron chi connectivity index (χ0n) is 15.6. The van der Waals surface area contributed by atoms with Gasteiger partial charge in [-0.3, -0.25) is 4.79 Å². The van der Waals surface area contributed by atoms with Crippen molar-refractivity contribution in [2.45, 2.75) is 19.3 Å². The molecule has 0 saturated carbocycles. The quantitative estimate of drug-likeness (QED) is 0.672. The number of piperidine rings is 1. The molecule has 0 unspecified atom stereocenters. The van der Waals surface area contributed by atoms with Crippen molar-refractivity contribution >= 4 is 17.1 Å². The van der Waals surface area contributed by atoms with Crippen LogP contribution in [0.5, 0.6) is 11.5 Å². The normalized spacial score (nSPS) is 14.1. The number of ether oxygens (including phenoxy) is 2. The molecule has 0 spiro atoms. The number of likely N-dealkylation sites (tertiary alicyclic amines) is 1. The van der Waals surface area contributed by atoms with E-state index in [-0.39, 0.29) is 11.5 Å². The molecule has 0 aliphatic carbocycles. The number of amides is 1. The largest absolute Gasteiger partial charge is 0.497 e. The third kappa shape index (κ3) is 3.58. The van der Waals surface area contributed by atoms with E-state index >= 15 is 0 Å². The van der Waals surface area contributed by atoms with E-state index in [1.807, 2.05) is 0 Å². The number of hydrogen-bond acceptors (Lipinski definition) is 5. The van der Waals surface area contributed by atoms with Crippen LogP contribution in [0.3, 0.4) is 0 Å². The molecule has 2 heterocycles. The van der Waals surface area contributed by atoms with Crippen molar-refractivity contribution < 1.29 is 18.7 Å². The Hall–Kier alpha value is -3.28. The number of hydrogen-bond donors (Lipinski definition) is 0. The summed E-state index contributed by atoms with van der Waals surface area (Å²) in [7, 11) is 1.56. The van der Waals surface area contributed by atoms with Crippen LogP contribution in [0.1, 0.15) is 19.3 Å². The summed E-state index contributed by atoms with van der Waals surface area (Å²) >= 11 is 0. The lowest BCUT2D eigenvalue weighted by Gasteiger charge is -2.25. The standard InChI is InChI=1S/C22H21NO5/c1-26-17-9-10-18-20(13-17)27-14-19(21(18)24)15-5-7-16(8-6-15)28-22(25)23-11-3-2-4-12-23/h5-10,13-14H,2-4,11-12H2,1H3. The van der Waals surface area contributed by atoms with Crippen LogP contribution < -0.4 is 14.9 Å². The zero-order valence-corrected chi connectivity index (χ0v) is 15.6. The van der Waals surface area contributed by atoms with E-state index in [1.165, 1.54) is 6.26 Å². The third-order valence-electron chi connectivity index (χ3n) is 4.97. The molecule has 1 aliphatic rings. The number of fused-ring (bicyclic) bond motifs is 1. The first kappa shape index (κ1) is 18.1. The highest BCUT2D eigenvalue weighted by atomic mass is 16.6. The first-order valence-electron chi connectivity index (χ1n) is 9.32. The topological polar surface area (TPSA) is 69.0 Å². The fourth-order valence-electron chi connectivity index (χ4n) is 3.38. The van der Waals surface area contributed by atoms with Crippen molar-refractivity contribution in [3.8, 4) is 22.6 Å². The molecule has 1 amide bonds. The van der Waals surface area contributed by atoms with Gasteiger partial charge in [0.05, 0.1) is 18.1 Å². The molecule has 1 aromatic heterocycles. The summed E-state index contributed by atoms with van der Waals surface area (Å²) in [5.41, 5.74) is 1.50. The van der Waals surface area contributed by atoms with Gasteiger partial charge >= 0.3 is 6.09 Å². The monoisotopic (exact) mass is 379 g/mol. The molecule has 4 rings (SSSR count). The fourth-order valence-corrected chi connectivity index (χ4v) is 3.38. The van der Waals surface area contributed by atoms with Gasteiger partial charge in [0.15, 0.2) is 5.43 Å². The number of nitrogens with zero attached hydrogens (tertiary/aromatic N) is 1. The average Bonchev–Trinajstić information content (AvgIpc) is 2.75. The highest BCUT2D eigenvalue weighted by Gasteiger charge is 2.18. The van der Waals surface area contributed by atoms with Crippen molar-refractivity contribution in [1.29, 1.82) is 0 Å². The van der Waals surface area contributed by atoms with Gasteiger partial charge in [-0.2, -0.15) is 0 Å². The van der Waals surface area contributed by atoms with Gasteiger partial charge in [-0.25, -0.2) is 4.79 Å². The van der Waals surface area contributed by atoms with Crippen LogP contribution in [0.2, 0.25) is 0 Å². The molecule has 28 heavy (non-hydrogen) atoms. The highest BCUT2D eigenvalue weighted by Crippen LogP contribution is 2.25. The Labute approximate surface area is 162 Å². The Morgan fingerprint density at radius 2 is 1.71 bits per heavy atom. The lowest BCUT2D eigenvalue weighted by molar-refractivity contribution is 0.142. The van der Waals surface area contributed by atoms with Crippen LogP contribution in [0.15, 0.2) is 57.9 Å². The zero-order chi connectivity index (χ0) is 19.5. The summed E-state index contributed by atoms with van der Waals surface area (Å²) in [6.07, 6.45) is 4.29. The molecule has 0 N–H and O–H groups in total. The van der Waals surface area contributed by atoms with E-state index in [2.05, 4.69) is 0 Å². The van der Waals surface area contributed by atoms with Gasteiger partial charge in [-0.1, -0.05) is 12.1 Å². The minimum Gasteiger partial charge on any atom is -0.497 e. The Balaban J connectivity index is 1.56. The molecule has 144 valence electrons. The molecule has 0 atom stereocenters. The van der Waals surface area contributed by atoms with E-state index in [0.29, 0.717) is 33.6 Å². The fraction of sp³-hybridized carbons (Fsp3) is 0.273. The molecule has 3 aromatic rings. The number of benzene rings is 2. The van der Waals surface area contributed by atoms with Crippen molar-refractivity contribution in [3.63, 3.8) is 0 Å². The maximum absolute atomic E-state index is 12.8. The van der Waals surface area contributed by atoms with E-state index in [0.717, 1.165) is 32.4 Å². The second-order valence-electron chi connectivity index (χ2n) is 6.78. The molecule has 2 aromatic carbocycles. The maximum Gasteiger partial charge on any atom is 0.415 e. The van der Waals surface area contributed by atoms with Gasteiger partial charge in [0, 0.05) is 19.2 Å². The van der Waals surface area contributed by atoms with E-state index in [9.17, 15) is 9.59 Å². The van der Waals surface area contributed by atoms with E-state index < -0.39 is 0 Å². The number of rotatable bonds is 3. The van der Waals surface area contributed by atoms with Crippen LogP contribution in [-0.2, 0) is 0 Å². The molecule has 1 saturated heterocycles. The number of carbonyl (C=O) groups is 1. The SMILES string of the molecule is COc1ccc2c(=O)c(-c3ccc(OC(=O)N4CCCCC4)cc3)coc2c1. The van der Waals surface area contributed by atoms with Gasteiger partial charge < -0.3 is 18.8 Å². The number of carbonyl (C=O) groups excluding carboxylic acids is 1. The molecule has 1 fully saturated rings. The van der Waals surface area contributed by atoms with Gasteiger partial charge in [0.1, 0.15) is 23.3 Å². The van der Waals surface area contributed by atoms with Crippen LogP contribution in [0.25, 0.3) is 22.1 Å². The minimum atomic E-state index is -0.327. The minimum absolute atomic E-state index is 0.123. The Bertz CT molecular complexity index is 1050. The number of methoxy groups -OCH3 is 1. The Morgan fingerprint density at radius 1 is 1.00 bits per heavy atom. The maximum atomic E-state index is 12.8. The Kier molecular flexibility index (Phi) is 5.02. The van der Waals surface area contributed by atoms with Crippen molar-refractivity contribution in [1.82, 2.24) is 4.90 Å². The van der Waals surface area contributed by atoms with Crippen LogP contribution in [0.4, 0.5) is 4.79 Å². The second-order valence-corrected chi connectivity index (χ2v) is 6.78. The van der Waals surface area contributed by atoms with Crippen LogP contribution >= 0.6 is 0 Å². The molecule has 0 bridgehead atoms. The summed E-state index contributed by atoms with van der Waals surface area (Å²) in [5, 5.41) is 0.485. The summed E-state index contributed by atoms with van der Waals surface area (Å²) in [5.74, 6) is 1.08. The Morgan fingerprint density at radius 3 is 2.43 bits per heavy atom. The predicted octanol–water partition coefficient (Wildman–Crippen LogP) is 4.45. The van der Waals surface area contributed by atoms with E-state index in [4.69, 9.17) is 13.9 Å². The van der Waals surface area contributed by atoms with Crippen molar-refractivity contribution in [2.24, 2.45) is 0 Å². The molecule has 1 aliphatic heterocycles. The molecular formula is C22H21NO5. The summed E-state index contributed by atoms with van der Waals surface area (Å²) in [4.78, 5) is 26.7. The molecule has 6 heteroatoms. The van der Waals surface area contributed by atoms with E-state index in [1.54, 1.807) is 54.5 Å². The van der Waals surface area contributed by atoms with Crippen molar-refractivity contribution in [3.05, 3.63) is 59.0 Å². The molecule has 0 radical (unpaired) electrons. The van der Waals surface area contributed by atoms with Crippen molar-refractivity contribution in [2.75, 3.05) is 20.2 Å². The summed E-state index contributed by atoms with van der Waals surface area (Å²) < 4.78 is 16.2. The van der Waals surface area contributed by atoms with Gasteiger partial charge in [-0.15, -0.1) is 0 Å². The first-order valence-corrected chi connectivity index (χ1v) is 9.32. The lowest BCUT2D eigenvalue weighted by Crippen LogP contribution is -2.37. The van der Waals surface area contributed by atoms with Crippen LogP contribution in [-0.4, -0.2) is 31.2 Å². The van der Waals surface area contributed by atoms with Crippen LogP contribution in [0, 0.1) is 0 Å². The van der Waals surface area contributed by atoms with Gasteiger partial charge in [0.25, 0.3) is 0 Å². The molecular weight excluding hydrogens is 358 g/mol. The third-order valence-corrected chi connectivity index (χ3v) is 4.97. The first-order chi connectivity index (χ1) is 13.7. The average molecular weight is 379 g/mol. The second kappa shape index (κ2) is 7.76. The highest BCUT2D eigenvalue weighted by molar-refractivity contribution is 5.82. The molecule has 6 nitrogen and oxygen atoms in total. The lowest BCUT2D eigenvalue weighted by atomic mass is 10.1. The van der Waals surface area contributed by atoms with Gasteiger partial charge in [0.2, 0.25) is 0 Å². The summed E-state index contributed by atoms with van der Waals surface area (Å²) in [6.45, 7) is 1.47. The van der Waals surface area contributed by atoms with Gasteiger partial charge in [-0.05, 0) is 49.1 Å². The smallest absolute Gasteiger partial charge is 0.415 e.